The fourth-order valence-electron chi connectivity index (χ4n) is 1.64. The molecule has 0 aliphatic heterocycles. The average molecular weight is 391 g/mol. The smallest absolute Gasteiger partial charge is 0.348 e. The maximum Gasteiger partial charge on any atom is 0.348 e. The lowest BCUT2D eigenvalue weighted by Crippen LogP contribution is -2.74. The van der Waals surface area contributed by atoms with Gasteiger partial charge in [0.1, 0.15) is 11.6 Å². The summed E-state index contributed by atoms with van der Waals surface area (Å²) in [5.41, 5.74) is -0.535. The summed E-state index contributed by atoms with van der Waals surface area (Å²) in [5, 5.41) is 29.4. The maximum absolute atomic E-state index is 11.6. The average Bonchev–Trinajstić information content (AvgIpc) is 2.71. The van der Waals surface area contributed by atoms with Crippen molar-refractivity contribution in [2.24, 2.45) is 11.8 Å². The van der Waals surface area contributed by atoms with Crippen LogP contribution in [-0.2, 0) is 28.6 Å². The standard InChI is InChI=1S/C16H15N3O6.C2H7N/c1-23-14(20)6-11(7-17)10(4-12(8-18)15(21)24-2)5-13(9-19)16(22)25-3;1-3-2/h4-5,11-12H,6H2,1-3H3;3H,1-2H3/p+1/b10-4-,13-5-;. The molecule has 0 aliphatic rings. The first-order valence-electron chi connectivity index (χ1n) is 7.89. The van der Waals surface area contributed by atoms with Crippen LogP contribution < -0.4 is 5.32 Å². The van der Waals surface area contributed by atoms with Gasteiger partial charge in [-0.05, 0) is 11.6 Å². The molecule has 0 bridgehead atoms. The number of allylic oxidation sites excluding steroid dienone is 2. The van der Waals surface area contributed by atoms with Gasteiger partial charge in [0.15, 0.2) is 5.92 Å². The molecule has 0 radical (unpaired) electrons. The molecule has 10 heteroatoms. The molecule has 10 nitrogen and oxygen atoms in total. The third-order valence-corrected chi connectivity index (χ3v) is 2.95. The molecule has 0 aliphatic carbocycles. The molecule has 150 valence electrons. The maximum atomic E-state index is 11.6. The van der Waals surface area contributed by atoms with Crippen LogP contribution in [0.1, 0.15) is 6.42 Å². The first kappa shape index (κ1) is 26.5. The molecule has 0 aromatic carbocycles. The first-order chi connectivity index (χ1) is 13.3. The second-order valence-corrected chi connectivity index (χ2v) is 5.00. The highest BCUT2D eigenvalue weighted by atomic mass is 16.5. The Labute approximate surface area is 163 Å². The number of methoxy groups -OCH3 is 3. The van der Waals surface area contributed by atoms with Crippen LogP contribution in [-0.4, -0.2) is 53.3 Å². The highest BCUT2D eigenvalue weighted by molar-refractivity contribution is 5.93. The van der Waals surface area contributed by atoms with Crippen molar-refractivity contribution in [3.8, 4) is 18.2 Å². The monoisotopic (exact) mass is 391 g/mol. The van der Waals surface area contributed by atoms with Crippen molar-refractivity contribution in [3.05, 3.63) is 23.3 Å². The number of esters is 3. The van der Waals surface area contributed by atoms with Crippen LogP contribution >= 0.6 is 0 Å². The van der Waals surface area contributed by atoms with E-state index in [9.17, 15) is 19.6 Å². The SMILES string of the molecule is COC(=O)CC(C#N)C(/C=C(/C#N)C(=O)OC)=C\C(C#N)C(=O)OC.C[NH2+]C. The van der Waals surface area contributed by atoms with Gasteiger partial charge in [-0.2, -0.15) is 15.8 Å². The Morgan fingerprint density at radius 3 is 1.93 bits per heavy atom. The van der Waals surface area contributed by atoms with Crippen LogP contribution in [0.15, 0.2) is 23.3 Å². The largest absolute Gasteiger partial charge is 0.469 e. The highest BCUT2D eigenvalue weighted by Crippen LogP contribution is 2.21. The molecular formula is C18H23N4O6+. The molecule has 0 saturated heterocycles. The Hall–Kier alpha value is -3.68. The fraction of sp³-hybridized carbons (Fsp3) is 0.444. The third kappa shape index (κ3) is 9.71. The van der Waals surface area contributed by atoms with Crippen molar-refractivity contribution in [3.63, 3.8) is 0 Å². The Kier molecular flexibility index (Phi) is 14.8. The predicted molar refractivity (Wildman–Crippen MR) is 94.4 cm³/mol. The van der Waals surface area contributed by atoms with Gasteiger partial charge >= 0.3 is 17.9 Å². The zero-order valence-electron chi connectivity index (χ0n) is 16.4. The van der Waals surface area contributed by atoms with Crippen LogP contribution in [0.2, 0.25) is 0 Å². The zero-order chi connectivity index (χ0) is 22.1. The van der Waals surface area contributed by atoms with Crippen molar-refractivity contribution in [2.75, 3.05) is 35.4 Å². The summed E-state index contributed by atoms with van der Waals surface area (Å²) in [5.74, 6) is -5.17. The number of carbonyl (C=O) groups excluding carboxylic acids is 3. The van der Waals surface area contributed by atoms with Crippen molar-refractivity contribution in [1.82, 2.24) is 0 Å². The van der Waals surface area contributed by atoms with E-state index < -0.39 is 41.7 Å². The molecule has 0 aromatic rings. The van der Waals surface area contributed by atoms with E-state index in [0.29, 0.717) is 0 Å². The van der Waals surface area contributed by atoms with Crippen molar-refractivity contribution in [2.45, 2.75) is 6.42 Å². The van der Waals surface area contributed by atoms with Crippen molar-refractivity contribution < 1.29 is 33.9 Å². The van der Waals surface area contributed by atoms with Crippen LogP contribution in [0.25, 0.3) is 0 Å². The van der Waals surface area contributed by atoms with Crippen molar-refractivity contribution >= 4 is 17.9 Å². The van der Waals surface area contributed by atoms with Crippen LogP contribution in [0.4, 0.5) is 0 Å². The van der Waals surface area contributed by atoms with E-state index in [-0.39, 0.29) is 5.57 Å². The summed E-state index contributed by atoms with van der Waals surface area (Å²) >= 11 is 0. The van der Waals surface area contributed by atoms with Gasteiger partial charge in [0.2, 0.25) is 0 Å². The minimum atomic E-state index is -1.40. The van der Waals surface area contributed by atoms with E-state index in [1.165, 1.54) is 0 Å². The fourth-order valence-corrected chi connectivity index (χ4v) is 1.64. The predicted octanol–water partition coefficient (Wildman–Crippen LogP) is -0.639. The first-order valence-corrected chi connectivity index (χ1v) is 7.89. The summed E-state index contributed by atoms with van der Waals surface area (Å²) in [7, 11) is 7.25. The Balaban J connectivity index is 0. The molecule has 2 atom stereocenters. The lowest BCUT2D eigenvalue weighted by atomic mass is 9.92. The van der Waals surface area contributed by atoms with Gasteiger partial charge in [-0.1, -0.05) is 6.08 Å². The summed E-state index contributed by atoms with van der Waals surface area (Å²) in [6, 6.07) is 5.05. The second-order valence-electron chi connectivity index (χ2n) is 5.00. The number of nitriles is 3. The molecule has 0 rings (SSSR count). The summed E-state index contributed by atoms with van der Waals surface area (Å²) < 4.78 is 13.4. The van der Waals surface area contributed by atoms with Crippen LogP contribution in [0, 0.1) is 45.8 Å². The van der Waals surface area contributed by atoms with Gasteiger partial charge in [0, 0.05) is 0 Å². The Bertz CT molecular complexity index is 737. The Morgan fingerprint density at radius 1 is 1.00 bits per heavy atom. The molecular weight excluding hydrogens is 368 g/mol. The van der Waals surface area contributed by atoms with E-state index in [1.54, 1.807) is 18.2 Å². The van der Waals surface area contributed by atoms with Crippen molar-refractivity contribution in [1.29, 1.82) is 15.8 Å². The number of hydrogen-bond acceptors (Lipinski definition) is 9. The van der Waals surface area contributed by atoms with Crippen LogP contribution in [0.3, 0.4) is 0 Å². The molecule has 0 spiro atoms. The summed E-state index contributed by atoms with van der Waals surface area (Å²) in [6.07, 6.45) is 1.62. The number of hydrogen-bond donors (Lipinski definition) is 1. The van der Waals surface area contributed by atoms with Gasteiger partial charge in [0.25, 0.3) is 0 Å². The van der Waals surface area contributed by atoms with Gasteiger partial charge in [-0.25, -0.2) is 4.79 Å². The number of nitrogens with two attached hydrogens (primary N) is 1. The van der Waals surface area contributed by atoms with E-state index in [2.05, 4.69) is 14.2 Å². The summed E-state index contributed by atoms with van der Waals surface area (Å²) in [6.45, 7) is 0. The molecule has 0 fully saturated rings. The molecule has 28 heavy (non-hydrogen) atoms. The van der Waals surface area contributed by atoms with E-state index in [0.717, 1.165) is 33.5 Å². The van der Waals surface area contributed by atoms with Gasteiger partial charge in [-0.3, -0.25) is 9.59 Å². The quantitative estimate of drug-likeness (QED) is 0.195. The molecule has 2 unspecified atom stereocenters. The molecule has 2 N–H and O–H groups in total. The molecule has 0 aromatic heterocycles. The minimum absolute atomic E-state index is 0.0631. The number of ether oxygens (including phenoxy) is 3. The number of nitrogens with zero attached hydrogens (tertiary/aromatic N) is 3. The van der Waals surface area contributed by atoms with E-state index in [4.69, 9.17) is 10.5 Å². The zero-order valence-corrected chi connectivity index (χ0v) is 16.4. The molecule has 0 amide bonds. The number of quaternary nitrogens is 1. The minimum Gasteiger partial charge on any atom is -0.469 e. The topological polar surface area (TPSA) is 167 Å². The lowest BCUT2D eigenvalue weighted by Gasteiger charge is -2.11. The normalized spacial score (nSPS) is 12.5. The van der Waals surface area contributed by atoms with E-state index in [1.807, 2.05) is 19.4 Å². The van der Waals surface area contributed by atoms with Gasteiger partial charge in [0.05, 0.1) is 59.9 Å². The highest BCUT2D eigenvalue weighted by Gasteiger charge is 2.24. The second kappa shape index (κ2) is 15.6. The number of carbonyl (C=O) groups is 3. The van der Waals surface area contributed by atoms with Gasteiger partial charge < -0.3 is 19.5 Å². The molecule has 0 heterocycles. The van der Waals surface area contributed by atoms with E-state index >= 15 is 0 Å². The lowest BCUT2D eigenvalue weighted by molar-refractivity contribution is -0.597. The molecule has 0 saturated carbocycles. The van der Waals surface area contributed by atoms with Gasteiger partial charge in [-0.15, -0.1) is 0 Å². The third-order valence-electron chi connectivity index (χ3n) is 2.95. The summed E-state index contributed by atoms with van der Waals surface area (Å²) in [4.78, 5) is 34.6. The number of rotatable bonds is 7. The van der Waals surface area contributed by atoms with Crippen LogP contribution in [0.5, 0.6) is 0 Å². The Morgan fingerprint density at radius 2 is 1.57 bits per heavy atom.